The Bertz CT molecular complexity index is 510. The van der Waals surface area contributed by atoms with Gasteiger partial charge >= 0.3 is 0 Å². The summed E-state index contributed by atoms with van der Waals surface area (Å²) >= 11 is 0. The Balaban J connectivity index is 3.01. The van der Waals surface area contributed by atoms with Gasteiger partial charge in [-0.2, -0.15) is 0 Å². The maximum atomic E-state index is 12.1. The highest BCUT2D eigenvalue weighted by Crippen LogP contribution is 2.27. The Kier molecular flexibility index (Phi) is 5.15. The molecule has 2 nitrogen and oxygen atoms in total. The molecule has 0 aliphatic rings. The van der Waals surface area contributed by atoms with E-state index in [0.717, 1.165) is 16.8 Å². The van der Waals surface area contributed by atoms with Crippen molar-refractivity contribution >= 4 is 17.2 Å². The molecule has 0 unspecified atom stereocenters. The Morgan fingerprint density at radius 3 is 2.10 bits per heavy atom. The van der Waals surface area contributed by atoms with Crippen LogP contribution >= 0.6 is 0 Å². The second-order valence-corrected chi connectivity index (χ2v) is 6.74. The number of hydrogen-bond donors (Lipinski definition) is 1. The van der Waals surface area contributed by atoms with Crippen molar-refractivity contribution in [3.63, 3.8) is 0 Å². The number of rotatable bonds is 3. The lowest BCUT2D eigenvalue weighted by molar-refractivity contribution is -0.117. The number of anilines is 1. The highest BCUT2D eigenvalue weighted by Gasteiger charge is 2.17. The molecule has 0 heterocycles. The Morgan fingerprint density at radius 2 is 1.70 bits per heavy atom. The topological polar surface area (TPSA) is 29.1 Å². The fraction of sp³-hybridized carbons (Fsp3) is 0.500. The number of benzene rings is 1. The first-order valence-electron chi connectivity index (χ1n) is 7.18. The quantitative estimate of drug-likeness (QED) is 0.815. The maximum absolute atomic E-state index is 12.1. The first-order chi connectivity index (χ1) is 9.14. The van der Waals surface area contributed by atoms with Crippen molar-refractivity contribution in [1.29, 1.82) is 0 Å². The molecule has 0 aliphatic heterocycles. The van der Waals surface area contributed by atoms with E-state index in [9.17, 15) is 4.79 Å². The summed E-state index contributed by atoms with van der Waals surface area (Å²) in [6.45, 7) is 14.5. The van der Waals surface area contributed by atoms with Crippen LogP contribution in [0, 0.1) is 19.3 Å². The third kappa shape index (κ3) is 4.52. The number of carbonyl (C=O) groups is 1. The third-order valence-electron chi connectivity index (χ3n) is 3.38. The molecule has 0 bridgehead atoms. The second-order valence-electron chi connectivity index (χ2n) is 6.74. The van der Waals surface area contributed by atoms with Gasteiger partial charge in [-0.25, -0.2) is 0 Å². The Morgan fingerprint density at radius 1 is 1.20 bits per heavy atom. The van der Waals surface area contributed by atoms with Crippen molar-refractivity contribution in [1.82, 2.24) is 0 Å². The van der Waals surface area contributed by atoms with Crippen LogP contribution in [0.15, 0.2) is 18.2 Å². The molecule has 1 amide bonds. The monoisotopic (exact) mass is 273 g/mol. The van der Waals surface area contributed by atoms with Crippen molar-refractivity contribution in [2.45, 2.75) is 54.9 Å². The van der Waals surface area contributed by atoms with Crippen molar-refractivity contribution in [2.75, 3.05) is 5.32 Å². The Hall–Kier alpha value is -1.57. The molecule has 0 fully saturated rings. The minimum Gasteiger partial charge on any atom is -0.326 e. The normalized spacial score (nSPS) is 12.4. The Labute approximate surface area is 123 Å². The van der Waals surface area contributed by atoms with E-state index >= 15 is 0 Å². The molecule has 0 saturated carbocycles. The number of aryl methyl sites for hydroxylation is 2. The van der Waals surface area contributed by atoms with Gasteiger partial charge in [0, 0.05) is 12.1 Å². The third-order valence-corrected chi connectivity index (χ3v) is 3.38. The highest BCUT2D eigenvalue weighted by atomic mass is 16.1. The van der Waals surface area contributed by atoms with E-state index in [1.165, 1.54) is 11.1 Å². The lowest BCUT2D eigenvalue weighted by atomic mass is 9.91. The zero-order valence-electron chi connectivity index (χ0n) is 13.8. The van der Waals surface area contributed by atoms with Gasteiger partial charge < -0.3 is 5.32 Å². The molecule has 0 aliphatic carbocycles. The van der Waals surface area contributed by atoms with E-state index in [2.05, 4.69) is 51.2 Å². The standard InChI is InChI=1S/C18H27NO/c1-8-12(2)15-9-13(3)17(14(4)10-15)19-16(20)11-18(5,6)7/h8-10H,11H2,1-7H3,(H,19,20). The van der Waals surface area contributed by atoms with E-state index in [1.807, 2.05) is 20.8 Å². The molecule has 1 N–H and O–H groups in total. The van der Waals surface area contributed by atoms with E-state index in [4.69, 9.17) is 0 Å². The number of allylic oxidation sites excluding steroid dienone is 2. The van der Waals surface area contributed by atoms with E-state index in [1.54, 1.807) is 0 Å². The smallest absolute Gasteiger partial charge is 0.224 e. The van der Waals surface area contributed by atoms with Crippen LogP contribution in [0.5, 0.6) is 0 Å². The minimum atomic E-state index is 0.00731. The molecular weight excluding hydrogens is 246 g/mol. The molecule has 1 aromatic rings. The zero-order valence-corrected chi connectivity index (χ0v) is 13.8. The summed E-state index contributed by atoms with van der Waals surface area (Å²) in [5.41, 5.74) is 5.66. The number of nitrogens with one attached hydrogen (secondary N) is 1. The van der Waals surface area contributed by atoms with Crippen molar-refractivity contribution < 1.29 is 4.79 Å². The largest absolute Gasteiger partial charge is 0.326 e. The molecule has 0 spiro atoms. The van der Waals surface area contributed by atoms with Crippen molar-refractivity contribution in [3.8, 4) is 0 Å². The summed E-state index contributed by atoms with van der Waals surface area (Å²) in [6.07, 6.45) is 2.63. The van der Waals surface area contributed by atoms with Gasteiger partial charge in [-0.1, -0.05) is 26.8 Å². The molecule has 0 atom stereocenters. The fourth-order valence-corrected chi connectivity index (χ4v) is 2.22. The predicted molar refractivity (Wildman–Crippen MR) is 87.9 cm³/mol. The van der Waals surface area contributed by atoms with Crippen LogP contribution < -0.4 is 5.32 Å². The number of hydrogen-bond acceptors (Lipinski definition) is 1. The van der Waals surface area contributed by atoms with Gasteiger partial charge in [0.05, 0.1) is 0 Å². The fourth-order valence-electron chi connectivity index (χ4n) is 2.22. The SMILES string of the molecule is CC=C(C)c1cc(C)c(NC(=O)CC(C)(C)C)c(C)c1. The minimum absolute atomic E-state index is 0.00731. The van der Waals surface area contributed by atoms with E-state index in [0.29, 0.717) is 6.42 Å². The molecule has 0 aromatic heterocycles. The highest BCUT2D eigenvalue weighted by molar-refractivity contribution is 5.93. The van der Waals surface area contributed by atoms with Crippen LogP contribution in [0.4, 0.5) is 5.69 Å². The summed E-state index contributed by atoms with van der Waals surface area (Å²) in [5.74, 6) is 0.0826. The van der Waals surface area contributed by atoms with Crippen LogP contribution in [0.25, 0.3) is 5.57 Å². The molecule has 0 saturated heterocycles. The molecule has 2 heteroatoms. The van der Waals surface area contributed by atoms with Crippen LogP contribution in [0.3, 0.4) is 0 Å². The predicted octanol–water partition coefficient (Wildman–Crippen LogP) is 5.10. The first kappa shape index (κ1) is 16.5. The summed E-state index contributed by atoms with van der Waals surface area (Å²) in [7, 11) is 0. The average molecular weight is 273 g/mol. The van der Waals surface area contributed by atoms with Gasteiger partial charge in [-0.3, -0.25) is 4.79 Å². The van der Waals surface area contributed by atoms with Gasteiger partial charge in [0.15, 0.2) is 0 Å². The number of amides is 1. The molecule has 0 radical (unpaired) electrons. The van der Waals surface area contributed by atoms with Crippen molar-refractivity contribution in [2.24, 2.45) is 5.41 Å². The summed E-state index contributed by atoms with van der Waals surface area (Å²) in [6, 6.07) is 4.27. The summed E-state index contributed by atoms with van der Waals surface area (Å²) < 4.78 is 0. The molecule has 1 aromatic carbocycles. The number of carbonyl (C=O) groups excluding carboxylic acids is 1. The molecule has 1 rings (SSSR count). The molecule has 20 heavy (non-hydrogen) atoms. The van der Waals surface area contributed by atoms with Crippen molar-refractivity contribution in [3.05, 3.63) is 34.9 Å². The lowest BCUT2D eigenvalue weighted by Gasteiger charge is -2.19. The second kappa shape index (κ2) is 6.25. The summed E-state index contributed by atoms with van der Waals surface area (Å²) in [5, 5.41) is 3.06. The zero-order chi connectivity index (χ0) is 15.5. The summed E-state index contributed by atoms with van der Waals surface area (Å²) in [4.78, 5) is 12.1. The lowest BCUT2D eigenvalue weighted by Crippen LogP contribution is -2.20. The van der Waals surface area contributed by atoms with E-state index < -0.39 is 0 Å². The molecule has 110 valence electrons. The van der Waals surface area contributed by atoms with Crippen LogP contribution in [0.2, 0.25) is 0 Å². The van der Waals surface area contributed by atoms with Crippen LogP contribution in [-0.2, 0) is 4.79 Å². The first-order valence-corrected chi connectivity index (χ1v) is 7.18. The van der Waals surface area contributed by atoms with Gasteiger partial charge in [-0.15, -0.1) is 0 Å². The maximum Gasteiger partial charge on any atom is 0.224 e. The van der Waals surface area contributed by atoms with Gasteiger partial charge in [-0.05, 0) is 67.5 Å². The average Bonchev–Trinajstić information content (AvgIpc) is 2.30. The molecular formula is C18H27NO. The van der Waals surface area contributed by atoms with E-state index in [-0.39, 0.29) is 11.3 Å². The van der Waals surface area contributed by atoms with Gasteiger partial charge in [0.1, 0.15) is 0 Å². The van der Waals surface area contributed by atoms with Crippen LogP contribution in [-0.4, -0.2) is 5.91 Å². The van der Waals surface area contributed by atoms with Gasteiger partial charge in [0.25, 0.3) is 0 Å². The van der Waals surface area contributed by atoms with Gasteiger partial charge in [0.2, 0.25) is 5.91 Å². The van der Waals surface area contributed by atoms with Crippen LogP contribution in [0.1, 0.15) is 57.7 Å².